The lowest BCUT2D eigenvalue weighted by Crippen LogP contribution is -2.31. The van der Waals surface area contributed by atoms with Gasteiger partial charge in [0.2, 0.25) is 0 Å². The van der Waals surface area contributed by atoms with Gasteiger partial charge < -0.3 is 9.84 Å². The molecule has 0 radical (unpaired) electrons. The van der Waals surface area contributed by atoms with Crippen molar-refractivity contribution in [3.05, 3.63) is 33.1 Å². The van der Waals surface area contributed by atoms with Crippen molar-refractivity contribution in [2.75, 3.05) is 4.43 Å². The molecule has 0 spiro atoms. The van der Waals surface area contributed by atoms with Crippen LogP contribution in [-0.2, 0) is 4.74 Å². The summed E-state index contributed by atoms with van der Waals surface area (Å²) >= 11 is 2.12. The minimum Gasteiger partial charge on any atom is -0.390 e. The first-order chi connectivity index (χ1) is 7.61. The van der Waals surface area contributed by atoms with Crippen LogP contribution in [-0.4, -0.2) is 31.3 Å². The summed E-state index contributed by atoms with van der Waals surface area (Å²) in [5.41, 5.74) is -0.955. The predicted octanol–water partition coefficient (Wildman–Crippen LogP) is -0.380. The summed E-state index contributed by atoms with van der Waals surface area (Å²) in [7, 11) is 0. The Morgan fingerprint density at radius 1 is 1.62 bits per heavy atom. The summed E-state index contributed by atoms with van der Waals surface area (Å²) in [6.07, 6.45) is 0.414. The zero-order valence-electron chi connectivity index (χ0n) is 8.30. The van der Waals surface area contributed by atoms with E-state index in [-0.39, 0.29) is 6.10 Å². The fourth-order valence-electron chi connectivity index (χ4n) is 1.68. The van der Waals surface area contributed by atoms with Crippen molar-refractivity contribution in [3.8, 4) is 0 Å². The van der Waals surface area contributed by atoms with Crippen molar-refractivity contribution < 1.29 is 9.84 Å². The van der Waals surface area contributed by atoms with Gasteiger partial charge in [0, 0.05) is 23.1 Å². The third kappa shape index (κ3) is 2.20. The first-order valence-corrected chi connectivity index (χ1v) is 6.35. The predicted molar refractivity (Wildman–Crippen MR) is 64.7 cm³/mol. The molecule has 0 bridgehead atoms. The lowest BCUT2D eigenvalue weighted by molar-refractivity contribution is -0.00610. The molecule has 2 rings (SSSR count). The van der Waals surface area contributed by atoms with E-state index in [1.54, 1.807) is 0 Å². The Kier molecular flexibility index (Phi) is 3.45. The number of ether oxygens (including phenoxy) is 1. The van der Waals surface area contributed by atoms with Crippen molar-refractivity contribution in [2.24, 2.45) is 0 Å². The lowest BCUT2D eigenvalue weighted by Gasteiger charge is -2.13. The van der Waals surface area contributed by atoms with E-state index in [2.05, 4.69) is 27.6 Å². The summed E-state index contributed by atoms with van der Waals surface area (Å²) < 4.78 is 7.46. The monoisotopic (exact) mass is 338 g/mol. The van der Waals surface area contributed by atoms with Gasteiger partial charge in [-0.15, -0.1) is 0 Å². The molecule has 0 amide bonds. The van der Waals surface area contributed by atoms with E-state index in [0.717, 1.165) is 0 Å². The highest BCUT2D eigenvalue weighted by atomic mass is 127. The molecule has 2 heterocycles. The summed E-state index contributed by atoms with van der Waals surface area (Å²) in [5.74, 6) is 0. The van der Waals surface area contributed by atoms with Crippen LogP contribution in [0.15, 0.2) is 21.9 Å². The number of aliphatic hydroxyl groups is 1. The maximum Gasteiger partial charge on any atom is 0.330 e. The highest BCUT2D eigenvalue weighted by Crippen LogP contribution is 2.28. The molecule has 7 heteroatoms. The standard InChI is InChI=1S/C9H11IN2O4/c10-4-6-5(13)3-8(16-6)12-2-1-7(14)11-9(12)15/h1-2,5-6,8,13H,3-4H2,(H,11,14,15)/t5?,6-,8-/m0/s1. The smallest absolute Gasteiger partial charge is 0.330 e. The molecule has 0 aromatic carbocycles. The second kappa shape index (κ2) is 4.68. The molecule has 0 saturated carbocycles. The van der Waals surface area contributed by atoms with E-state index in [0.29, 0.717) is 10.8 Å². The van der Waals surface area contributed by atoms with Gasteiger partial charge in [-0.05, 0) is 0 Å². The number of H-pyrrole nitrogens is 1. The lowest BCUT2D eigenvalue weighted by atomic mass is 10.2. The Morgan fingerprint density at radius 3 is 2.94 bits per heavy atom. The van der Waals surface area contributed by atoms with Crippen LogP contribution >= 0.6 is 22.6 Å². The summed E-state index contributed by atoms with van der Waals surface area (Å²) in [6.45, 7) is 0. The number of halogens is 1. The van der Waals surface area contributed by atoms with Crippen LogP contribution < -0.4 is 11.2 Å². The van der Waals surface area contributed by atoms with E-state index in [1.807, 2.05) is 0 Å². The second-order valence-corrected chi connectivity index (χ2v) is 4.48. The van der Waals surface area contributed by atoms with Crippen LogP contribution in [0.3, 0.4) is 0 Å². The molecule has 1 unspecified atom stereocenters. The number of aliphatic hydroxyl groups excluding tert-OH is 1. The molecule has 16 heavy (non-hydrogen) atoms. The van der Waals surface area contributed by atoms with Crippen LogP contribution in [0, 0.1) is 0 Å². The Balaban J connectivity index is 2.27. The third-order valence-electron chi connectivity index (χ3n) is 2.52. The summed E-state index contributed by atoms with van der Waals surface area (Å²) in [5, 5.41) is 9.65. The summed E-state index contributed by atoms with van der Waals surface area (Å²) in [6, 6.07) is 1.26. The zero-order chi connectivity index (χ0) is 11.7. The fourth-order valence-corrected chi connectivity index (χ4v) is 2.47. The number of nitrogens with one attached hydrogen (secondary N) is 1. The van der Waals surface area contributed by atoms with Crippen molar-refractivity contribution in [1.29, 1.82) is 0 Å². The van der Waals surface area contributed by atoms with Crippen molar-refractivity contribution in [1.82, 2.24) is 9.55 Å². The van der Waals surface area contributed by atoms with Gasteiger partial charge in [-0.1, -0.05) is 22.6 Å². The molecule has 1 fully saturated rings. The third-order valence-corrected chi connectivity index (χ3v) is 3.39. The SMILES string of the molecule is O=c1ccn([C@@H]2CC(O)[C@H](CI)O2)c(=O)[nH]1. The molecule has 1 saturated heterocycles. The highest BCUT2D eigenvalue weighted by molar-refractivity contribution is 14.1. The van der Waals surface area contributed by atoms with Gasteiger partial charge in [0.05, 0.1) is 12.2 Å². The molecule has 0 aliphatic carbocycles. The van der Waals surface area contributed by atoms with E-state index in [1.165, 1.54) is 16.8 Å². The molecule has 1 aromatic rings. The van der Waals surface area contributed by atoms with E-state index < -0.39 is 23.6 Å². The van der Waals surface area contributed by atoms with Gasteiger partial charge in [0.25, 0.3) is 5.56 Å². The van der Waals surface area contributed by atoms with Gasteiger partial charge in [0.1, 0.15) is 6.23 Å². The number of nitrogens with zero attached hydrogens (tertiary/aromatic N) is 1. The fraction of sp³-hybridized carbons (Fsp3) is 0.556. The van der Waals surface area contributed by atoms with E-state index >= 15 is 0 Å². The molecular formula is C9H11IN2O4. The first kappa shape index (κ1) is 11.8. The minimum atomic E-state index is -0.569. The number of hydrogen-bond acceptors (Lipinski definition) is 4. The van der Waals surface area contributed by atoms with Crippen LogP contribution in [0.25, 0.3) is 0 Å². The largest absolute Gasteiger partial charge is 0.390 e. The van der Waals surface area contributed by atoms with Crippen molar-refractivity contribution in [2.45, 2.75) is 24.9 Å². The molecule has 6 nitrogen and oxygen atoms in total. The molecule has 1 aliphatic heterocycles. The van der Waals surface area contributed by atoms with E-state index in [4.69, 9.17) is 4.74 Å². The highest BCUT2D eigenvalue weighted by Gasteiger charge is 2.34. The molecule has 3 atom stereocenters. The van der Waals surface area contributed by atoms with Gasteiger partial charge in [-0.2, -0.15) is 0 Å². The molecular weight excluding hydrogens is 327 g/mol. The summed E-state index contributed by atoms with van der Waals surface area (Å²) in [4.78, 5) is 24.5. The van der Waals surface area contributed by atoms with Crippen LogP contribution in [0.4, 0.5) is 0 Å². The van der Waals surface area contributed by atoms with Gasteiger partial charge in [-0.25, -0.2) is 4.79 Å². The zero-order valence-corrected chi connectivity index (χ0v) is 10.5. The van der Waals surface area contributed by atoms with Gasteiger partial charge >= 0.3 is 5.69 Å². The molecule has 1 aromatic heterocycles. The van der Waals surface area contributed by atoms with Crippen molar-refractivity contribution >= 4 is 22.6 Å². The van der Waals surface area contributed by atoms with Crippen LogP contribution in [0.5, 0.6) is 0 Å². The Labute approximate surface area is 104 Å². The van der Waals surface area contributed by atoms with Crippen LogP contribution in [0.2, 0.25) is 0 Å². The molecule has 1 aliphatic rings. The number of alkyl halides is 1. The van der Waals surface area contributed by atoms with Gasteiger partial charge in [-0.3, -0.25) is 14.3 Å². The average molecular weight is 338 g/mol. The van der Waals surface area contributed by atoms with Crippen molar-refractivity contribution in [3.63, 3.8) is 0 Å². The van der Waals surface area contributed by atoms with E-state index in [9.17, 15) is 14.7 Å². The normalized spacial score (nSPS) is 29.5. The number of aromatic nitrogens is 2. The Bertz CT molecular complexity index is 483. The maximum atomic E-state index is 11.5. The Morgan fingerprint density at radius 2 is 2.38 bits per heavy atom. The Hall–Kier alpha value is -0.670. The first-order valence-electron chi connectivity index (χ1n) is 4.83. The molecule has 88 valence electrons. The minimum absolute atomic E-state index is 0.260. The quantitative estimate of drug-likeness (QED) is 0.569. The number of hydrogen-bond donors (Lipinski definition) is 2. The van der Waals surface area contributed by atoms with Crippen LogP contribution in [0.1, 0.15) is 12.6 Å². The maximum absolute atomic E-state index is 11.5. The topological polar surface area (TPSA) is 84.3 Å². The average Bonchev–Trinajstić information content (AvgIpc) is 2.59. The van der Waals surface area contributed by atoms with Gasteiger partial charge in [0.15, 0.2) is 0 Å². The number of aromatic amines is 1. The second-order valence-electron chi connectivity index (χ2n) is 3.60. The number of rotatable bonds is 2. The molecule has 2 N–H and O–H groups in total.